The average Bonchev–Trinajstić information content (AvgIpc) is 3.65. The minimum atomic E-state index is -1.40. The average molecular weight is 541 g/mol. The van der Waals surface area contributed by atoms with Gasteiger partial charge >= 0.3 is 0 Å². The van der Waals surface area contributed by atoms with Gasteiger partial charge in [-0.2, -0.15) is 0 Å². The predicted octanol–water partition coefficient (Wildman–Crippen LogP) is 4.31. The summed E-state index contributed by atoms with van der Waals surface area (Å²) in [5, 5.41) is 8.05. The van der Waals surface area contributed by atoms with Crippen molar-refractivity contribution in [3.8, 4) is 5.75 Å². The molecule has 0 aliphatic carbocycles. The molecule has 7 rings (SSSR count). The van der Waals surface area contributed by atoms with Crippen LogP contribution in [0.25, 0.3) is 10.9 Å². The number of amides is 3. The normalized spacial score (nSPS) is 25.5. The number of imide groups is 1. The monoisotopic (exact) mass is 540 g/mol. The van der Waals surface area contributed by atoms with Crippen LogP contribution in [0, 0.1) is 18.8 Å². The fourth-order valence-electron chi connectivity index (χ4n) is 6.69. The standard InChI is InChI=1S/C30H25ClN4O4/c1-15-21(31)12-11-20-26(15)33-29(38)30(20)25-24(23(34-30)13-16-14-32-22-6-4-3-5-19(16)22)27(36)35(28(25)37)17-7-9-18(39-2)10-8-17/h3-12,14,23-25,32,34H,13H2,1-2H3,(H,33,38)/t23-,24-,25+,30-/m1/s1. The summed E-state index contributed by atoms with van der Waals surface area (Å²) in [5.74, 6) is -2.14. The van der Waals surface area contributed by atoms with Gasteiger partial charge in [0.15, 0.2) is 0 Å². The van der Waals surface area contributed by atoms with Gasteiger partial charge in [0.1, 0.15) is 11.3 Å². The van der Waals surface area contributed by atoms with Crippen LogP contribution < -0.4 is 20.3 Å². The molecule has 0 unspecified atom stereocenters. The van der Waals surface area contributed by atoms with E-state index in [1.54, 1.807) is 43.5 Å². The van der Waals surface area contributed by atoms with Crippen LogP contribution in [0.4, 0.5) is 11.4 Å². The van der Waals surface area contributed by atoms with E-state index in [1.165, 1.54) is 4.90 Å². The minimum absolute atomic E-state index is 0.323. The molecule has 0 saturated carbocycles. The molecule has 9 heteroatoms. The molecule has 4 atom stereocenters. The summed E-state index contributed by atoms with van der Waals surface area (Å²) >= 11 is 6.39. The first-order chi connectivity index (χ1) is 18.8. The zero-order valence-corrected chi connectivity index (χ0v) is 22.0. The lowest BCUT2D eigenvalue weighted by molar-refractivity contribution is -0.130. The molecular formula is C30H25ClN4O4. The van der Waals surface area contributed by atoms with Crippen molar-refractivity contribution >= 4 is 51.6 Å². The van der Waals surface area contributed by atoms with Crippen molar-refractivity contribution in [2.75, 3.05) is 17.3 Å². The number of fused-ring (bicyclic) bond motifs is 5. The maximum atomic E-state index is 14.2. The Morgan fingerprint density at radius 1 is 1.00 bits per heavy atom. The molecule has 2 saturated heterocycles. The number of hydrogen-bond donors (Lipinski definition) is 3. The van der Waals surface area contributed by atoms with E-state index >= 15 is 0 Å². The van der Waals surface area contributed by atoms with Crippen LogP contribution in [0.1, 0.15) is 16.7 Å². The van der Waals surface area contributed by atoms with Gasteiger partial charge in [-0.15, -0.1) is 0 Å². The predicted molar refractivity (Wildman–Crippen MR) is 148 cm³/mol. The van der Waals surface area contributed by atoms with Crippen molar-refractivity contribution in [3.05, 3.63) is 88.6 Å². The van der Waals surface area contributed by atoms with Gasteiger partial charge in [0.2, 0.25) is 17.7 Å². The van der Waals surface area contributed by atoms with E-state index in [0.29, 0.717) is 34.1 Å². The third-order valence-electron chi connectivity index (χ3n) is 8.53. The van der Waals surface area contributed by atoms with Gasteiger partial charge < -0.3 is 15.0 Å². The lowest BCUT2D eigenvalue weighted by Gasteiger charge is -2.29. The molecule has 39 heavy (non-hydrogen) atoms. The van der Waals surface area contributed by atoms with Crippen LogP contribution in [0.3, 0.4) is 0 Å². The molecule has 4 heterocycles. The number of nitrogens with zero attached hydrogens (tertiary/aromatic N) is 1. The Balaban J connectivity index is 1.38. The van der Waals surface area contributed by atoms with Gasteiger partial charge in [0, 0.05) is 33.7 Å². The highest BCUT2D eigenvalue weighted by molar-refractivity contribution is 6.32. The van der Waals surface area contributed by atoms with Crippen molar-refractivity contribution in [1.29, 1.82) is 0 Å². The molecule has 2 fully saturated rings. The van der Waals surface area contributed by atoms with E-state index in [4.69, 9.17) is 16.3 Å². The zero-order chi connectivity index (χ0) is 27.1. The lowest BCUT2D eigenvalue weighted by Crippen LogP contribution is -2.53. The number of methoxy groups -OCH3 is 1. The van der Waals surface area contributed by atoms with Gasteiger partial charge in [-0.3, -0.25) is 19.7 Å². The molecule has 3 amide bonds. The maximum absolute atomic E-state index is 14.2. The molecule has 1 spiro atoms. The Hall–Kier alpha value is -4.14. The van der Waals surface area contributed by atoms with Crippen molar-refractivity contribution in [3.63, 3.8) is 0 Å². The largest absolute Gasteiger partial charge is 0.497 e. The summed E-state index contributed by atoms with van der Waals surface area (Å²) in [5.41, 5.74) is 3.00. The number of H-pyrrole nitrogens is 1. The Kier molecular flexibility index (Phi) is 5.17. The maximum Gasteiger partial charge on any atom is 0.250 e. The van der Waals surface area contributed by atoms with E-state index in [1.807, 2.05) is 37.4 Å². The second kappa shape index (κ2) is 8.43. The second-order valence-electron chi connectivity index (χ2n) is 10.4. The first-order valence-corrected chi connectivity index (χ1v) is 13.2. The molecule has 3 aliphatic heterocycles. The Labute approximate surface area is 229 Å². The van der Waals surface area contributed by atoms with E-state index in [-0.39, 0.29) is 11.8 Å². The van der Waals surface area contributed by atoms with Crippen molar-refractivity contribution < 1.29 is 19.1 Å². The summed E-state index contributed by atoms with van der Waals surface area (Å²) in [7, 11) is 1.56. The highest BCUT2D eigenvalue weighted by atomic mass is 35.5. The number of hydrogen-bond acceptors (Lipinski definition) is 5. The molecule has 1 aromatic heterocycles. The molecule has 4 aromatic rings. The number of para-hydroxylation sites is 1. The van der Waals surface area contributed by atoms with Crippen LogP contribution in [0.2, 0.25) is 5.02 Å². The zero-order valence-electron chi connectivity index (χ0n) is 21.2. The van der Waals surface area contributed by atoms with Crippen LogP contribution in [-0.4, -0.2) is 35.9 Å². The van der Waals surface area contributed by atoms with E-state index in [2.05, 4.69) is 15.6 Å². The smallest absolute Gasteiger partial charge is 0.250 e. The SMILES string of the molecule is COc1ccc(N2C(=O)[C@H]3[C@@H](C2=O)[C@@]2(N[C@@H]3Cc3c[nH]c4ccccc34)C(=O)Nc3c2ccc(Cl)c3C)cc1. The molecule has 8 nitrogen and oxygen atoms in total. The molecule has 0 bridgehead atoms. The molecular weight excluding hydrogens is 516 g/mol. The van der Waals surface area contributed by atoms with Crippen LogP contribution >= 0.6 is 11.6 Å². The van der Waals surface area contributed by atoms with Crippen LogP contribution in [-0.2, 0) is 26.3 Å². The number of aromatic amines is 1. The first kappa shape index (κ1) is 23.9. The van der Waals surface area contributed by atoms with Crippen LogP contribution in [0.15, 0.2) is 66.9 Å². The van der Waals surface area contributed by atoms with Crippen molar-refractivity contribution in [2.24, 2.45) is 11.8 Å². The summed E-state index contributed by atoms with van der Waals surface area (Å²) in [6, 6.07) is 17.8. The van der Waals surface area contributed by atoms with Gasteiger partial charge in [0.05, 0.1) is 30.3 Å². The van der Waals surface area contributed by atoms with Crippen LogP contribution in [0.5, 0.6) is 5.75 Å². The summed E-state index contributed by atoms with van der Waals surface area (Å²) in [4.78, 5) is 46.7. The number of rotatable bonds is 4. The van der Waals surface area contributed by atoms with Gasteiger partial charge in [-0.05, 0) is 60.9 Å². The quantitative estimate of drug-likeness (QED) is 0.335. The second-order valence-corrected chi connectivity index (χ2v) is 10.8. The number of anilines is 2. The fraction of sp³-hybridized carbons (Fsp3) is 0.233. The first-order valence-electron chi connectivity index (χ1n) is 12.8. The van der Waals surface area contributed by atoms with E-state index in [9.17, 15) is 14.4 Å². The van der Waals surface area contributed by atoms with Crippen molar-refractivity contribution in [2.45, 2.75) is 24.9 Å². The van der Waals surface area contributed by atoms with E-state index in [0.717, 1.165) is 22.0 Å². The number of carbonyl (C=O) groups is 3. The molecule has 196 valence electrons. The van der Waals surface area contributed by atoms with Crippen molar-refractivity contribution in [1.82, 2.24) is 10.3 Å². The van der Waals surface area contributed by atoms with Gasteiger partial charge in [0.25, 0.3) is 0 Å². The highest BCUT2D eigenvalue weighted by Gasteiger charge is 2.70. The number of benzene rings is 3. The fourth-order valence-corrected chi connectivity index (χ4v) is 6.85. The number of halogens is 1. The minimum Gasteiger partial charge on any atom is -0.497 e. The Bertz CT molecular complexity index is 1700. The Morgan fingerprint density at radius 3 is 2.54 bits per heavy atom. The number of ether oxygens (including phenoxy) is 1. The lowest BCUT2D eigenvalue weighted by atomic mass is 9.76. The number of aromatic nitrogens is 1. The molecule has 3 N–H and O–H groups in total. The topological polar surface area (TPSA) is 104 Å². The highest BCUT2D eigenvalue weighted by Crippen LogP contribution is 2.55. The molecule has 3 aromatic carbocycles. The number of carbonyl (C=O) groups excluding carboxylic acids is 3. The molecule has 0 radical (unpaired) electrons. The number of nitrogens with one attached hydrogen (secondary N) is 3. The third-order valence-corrected chi connectivity index (χ3v) is 8.94. The molecule has 3 aliphatic rings. The third kappa shape index (κ3) is 3.19. The van der Waals surface area contributed by atoms with Gasteiger partial charge in [-0.1, -0.05) is 35.9 Å². The Morgan fingerprint density at radius 2 is 1.77 bits per heavy atom. The summed E-state index contributed by atoms with van der Waals surface area (Å²) < 4.78 is 5.26. The van der Waals surface area contributed by atoms with E-state index < -0.39 is 29.3 Å². The van der Waals surface area contributed by atoms with Gasteiger partial charge in [-0.25, -0.2) is 4.90 Å². The summed E-state index contributed by atoms with van der Waals surface area (Å²) in [6.45, 7) is 1.83. The summed E-state index contributed by atoms with van der Waals surface area (Å²) in [6.07, 6.45) is 2.39.